The van der Waals surface area contributed by atoms with Crippen LogP contribution in [-0.4, -0.2) is 57.3 Å². The molecule has 0 aromatic heterocycles. The van der Waals surface area contributed by atoms with Crippen molar-refractivity contribution in [3.63, 3.8) is 0 Å². The van der Waals surface area contributed by atoms with Crippen LogP contribution in [0.15, 0.2) is 60.7 Å². The van der Waals surface area contributed by atoms with Gasteiger partial charge in [0.1, 0.15) is 24.9 Å². The maximum Gasteiger partial charge on any atom is 0.342 e. The molecule has 0 saturated carbocycles. The molecule has 0 bridgehead atoms. The second-order valence-electron chi connectivity index (χ2n) is 9.89. The largest absolute Gasteiger partial charge is 0.343 e. The van der Waals surface area contributed by atoms with Crippen LogP contribution in [0.2, 0.25) is 0 Å². The van der Waals surface area contributed by atoms with E-state index in [1.165, 1.54) is 0 Å². The number of rotatable bonds is 7. The van der Waals surface area contributed by atoms with Crippen LogP contribution < -0.4 is 15.1 Å². The van der Waals surface area contributed by atoms with E-state index in [4.69, 9.17) is 27.9 Å². The van der Waals surface area contributed by atoms with Gasteiger partial charge in [-0.3, -0.25) is 8.75 Å². The van der Waals surface area contributed by atoms with Gasteiger partial charge < -0.3 is 23.7 Å². The molecule has 5 rings (SSSR count). The van der Waals surface area contributed by atoms with Crippen molar-refractivity contribution in [2.75, 3.05) is 13.2 Å². The van der Waals surface area contributed by atoms with Gasteiger partial charge in [-0.2, -0.15) is 8.42 Å². The number of hydrogen-bond donors (Lipinski definition) is 1. The standard InChI is InChI=1S/C24H30NO9PS/c1-22(2)31-19-15-29-24(21(20(19)32-22)33-23(3,4)34-24)16-30-36(27,28)25-35(26,17-11-7-5-8-12-17)18-13-9-6-10-14-18/h5-14,19-21H,15-16H2,1-4H3,(H,25,26)/t19?,20?,21?,24-/m0/s1. The molecule has 2 aromatic rings. The Labute approximate surface area is 210 Å². The third kappa shape index (κ3) is 4.92. The molecule has 0 amide bonds. The van der Waals surface area contributed by atoms with E-state index >= 15 is 0 Å². The molecule has 2 aromatic carbocycles. The Kier molecular flexibility index (Phi) is 6.47. The van der Waals surface area contributed by atoms with E-state index in [0.29, 0.717) is 10.6 Å². The molecular weight excluding hydrogens is 509 g/mol. The second kappa shape index (κ2) is 8.97. The van der Waals surface area contributed by atoms with Gasteiger partial charge in [0.25, 0.3) is 0 Å². The first kappa shape index (κ1) is 26.0. The van der Waals surface area contributed by atoms with Crippen LogP contribution in [-0.2, 0) is 42.7 Å². The van der Waals surface area contributed by atoms with Gasteiger partial charge in [-0.05, 0) is 52.0 Å². The normalized spacial score (nSPS) is 31.1. The van der Waals surface area contributed by atoms with Crippen LogP contribution in [0.25, 0.3) is 0 Å². The van der Waals surface area contributed by atoms with Gasteiger partial charge in [-0.15, -0.1) is 4.49 Å². The van der Waals surface area contributed by atoms with Gasteiger partial charge in [0, 0.05) is 10.6 Å². The fourth-order valence-corrected chi connectivity index (χ4v) is 8.94. The third-order valence-corrected chi connectivity index (χ3v) is 10.6. The highest BCUT2D eigenvalue weighted by molar-refractivity contribution is 7.96. The molecule has 0 aliphatic carbocycles. The number of ether oxygens (including phenoxy) is 5. The van der Waals surface area contributed by atoms with Crippen molar-refractivity contribution in [1.82, 2.24) is 4.49 Å². The average Bonchev–Trinajstić information content (AvgIpc) is 3.30. The molecule has 3 aliphatic rings. The van der Waals surface area contributed by atoms with Crippen LogP contribution in [0.4, 0.5) is 0 Å². The zero-order chi connectivity index (χ0) is 25.8. The molecule has 1 N–H and O–H groups in total. The van der Waals surface area contributed by atoms with Crippen molar-refractivity contribution < 1.29 is 40.9 Å². The molecule has 3 aliphatic heterocycles. The summed E-state index contributed by atoms with van der Waals surface area (Å²) >= 11 is 0. The predicted octanol–water partition coefficient (Wildman–Crippen LogP) is 2.16. The molecule has 3 saturated heterocycles. The van der Waals surface area contributed by atoms with Gasteiger partial charge in [0.15, 0.2) is 11.6 Å². The lowest BCUT2D eigenvalue weighted by molar-refractivity contribution is -0.290. The molecule has 12 heteroatoms. The van der Waals surface area contributed by atoms with E-state index in [9.17, 15) is 13.0 Å². The minimum absolute atomic E-state index is 0.0907. The predicted molar refractivity (Wildman–Crippen MR) is 130 cm³/mol. The molecule has 0 spiro atoms. The van der Waals surface area contributed by atoms with Crippen LogP contribution in [0.1, 0.15) is 27.7 Å². The highest BCUT2D eigenvalue weighted by Gasteiger charge is 2.66. The molecule has 3 heterocycles. The summed E-state index contributed by atoms with van der Waals surface area (Å²) in [5.74, 6) is -3.54. The first-order chi connectivity index (χ1) is 16.8. The van der Waals surface area contributed by atoms with Gasteiger partial charge in [0.05, 0.1) is 6.61 Å². The molecule has 196 valence electrons. The Bertz CT molecular complexity index is 1210. The van der Waals surface area contributed by atoms with Crippen molar-refractivity contribution in [2.24, 2.45) is 0 Å². The Hall–Kier alpha value is -1.66. The van der Waals surface area contributed by atoms with Crippen molar-refractivity contribution >= 4 is 28.2 Å². The highest BCUT2D eigenvalue weighted by Crippen LogP contribution is 2.48. The Morgan fingerprint density at radius 3 is 2.08 bits per heavy atom. The molecule has 3 fully saturated rings. The molecule has 4 atom stereocenters. The highest BCUT2D eigenvalue weighted by atomic mass is 32.2. The summed E-state index contributed by atoms with van der Waals surface area (Å²) in [5, 5.41) is 0.632. The van der Waals surface area contributed by atoms with Crippen LogP contribution in [0.5, 0.6) is 0 Å². The number of benzene rings is 2. The number of nitrogens with one attached hydrogen (secondary N) is 1. The van der Waals surface area contributed by atoms with Crippen LogP contribution in [0, 0.1) is 0 Å². The first-order valence-corrected chi connectivity index (χ1v) is 14.7. The molecule has 0 radical (unpaired) electrons. The summed E-state index contributed by atoms with van der Waals surface area (Å²) in [5.41, 5.74) is 0. The second-order valence-corrected chi connectivity index (χ2v) is 14.0. The van der Waals surface area contributed by atoms with Crippen molar-refractivity contribution in [1.29, 1.82) is 0 Å². The molecule has 3 unspecified atom stereocenters. The van der Waals surface area contributed by atoms with Crippen molar-refractivity contribution in [3.8, 4) is 0 Å². The summed E-state index contributed by atoms with van der Waals surface area (Å²) in [6.07, 6.45) is -1.80. The summed E-state index contributed by atoms with van der Waals surface area (Å²) in [6.45, 7) is 6.49. The van der Waals surface area contributed by atoms with E-state index < -0.39 is 59.9 Å². The minimum atomic E-state index is -4.56. The van der Waals surface area contributed by atoms with E-state index in [1.54, 1.807) is 88.4 Å². The Morgan fingerprint density at radius 1 is 0.917 bits per heavy atom. The van der Waals surface area contributed by atoms with Crippen LogP contribution >= 0.6 is 7.29 Å². The Balaban J connectivity index is 1.40. The van der Waals surface area contributed by atoms with Crippen molar-refractivity contribution in [3.05, 3.63) is 60.7 Å². The smallest absolute Gasteiger partial charge is 0.342 e. The SMILES string of the molecule is CC1(C)OC2CO[C@@]3(COS(=O)(=O)NP(=O)(c4ccccc4)c4ccccc4)OC(C)(C)OC3C2O1. The topological polar surface area (TPSA) is 119 Å². The summed E-state index contributed by atoms with van der Waals surface area (Å²) in [7, 11) is -8.39. The molecular formula is C24H30NO9PS. The number of fused-ring (bicyclic) bond motifs is 3. The van der Waals surface area contributed by atoms with E-state index in [1.807, 2.05) is 0 Å². The zero-order valence-corrected chi connectivity index (χ0v) is 22.2. The lowest BCUT2D eigenvalue weighted by Gasteiger charge is -2.40. The fraction of sp³-hybridized carbons (Fsp3) is 0.500. The quantitative estimate of drug-likeness (QED) is 0.528. The third-order valence-electron chi connectivity index (χ3n) is 6.17. The van der Waals surface area contributed by atoms with E-state index in [-0.39, 0.29) is 6.61 Å². The lowest BCUT2D eigenvalue weighted by atomic mass is 9.98. The monoisotopic (exact) mass is 539 g/mol. The first-order valence-electron chi connectivity index (χ1n) is 11.6. The lowest BCUT2D eigenvalue weighted by Crippen LogP contribution is -2.60. The molecule has 36 heavy (non-hydrogen) atoms. The van der Waals surface area contributed by atoms with Gasteiger partial charge in [-0.1, -0.05) is 36.4 Å². The van der Waals surface area contributed by atoms with Gasteiger partial charge in [-0.25, -0.2) is 0 Å². The maximum absolute atomic E-state index is 14.1. The van der Waals surface area contributed by atoms with Crippen molar-refractivity contribution in [2.45, 2.75) is 63.4 Å². The Morgan fingerprint density at radius 2 is 1.50 bits per heavy atom. The fourth-order valence-electron chi connectivity index (χ4n) is 4.82. The maximum atomic E-state index is 14.1. The van der Waals surface area contributed by atoms with Gasteiger partial charge in [0.2, 0.25) is 13.1 Å². The van der Waals surface area contributed by atoms with E-state index in [0.717, 1.165) is 0 Å². The zero-order valence-electron chi connectivity index (χ0n) is 20.4. The van der Waals surface area contributed by atoms with Gasteiger partial charge >= 0.3 is 10.3 Å². The summed E-state index contributed by atoms with van der Waals surface area (Å²) in [4.78, 5) is 0. The summed E-state index contributed by atoms with van der Waals surface area (Å²) in [6, 6.07) is 16.7. The van der Waals surface area contributed by atoms with E-state index in [2.05, 4.69) is 4.49 Å². The number of hydrogen-bond acceptors (Lipinski definition) is 9. The summed E-state index contributed by atoms with van der Waals surface area (Å²) < 4.78 is 78.2. The molecule has 10 nitrogen and oxygen atoms in total. The van der Waals surface area contributed by atoms with Crippen LogP contribution in [0.3, 0.4) is 0 Å². The average molecular weight is 540 g/mol. The minimum Gasteiger partial charge on any atom is -0.343 e.